The molecule has 0 aliphatic heterocycles. The zero-order valence-electron chi connectivity index (χ0n) is 18.3. The molecule has 4 rings (SSSR count). The average molecular weight is 434 g/mol. The first-order valence-electron chi connectivity index (χ1n) is 10.7. The lowest BCUT2D eigenvalue weighted by molar-refractivity contribution is -0.385. The van der Waals surface area contributed by atoms with E-state index < -0.39 is 9.85 Å². The van der Waals surface area contributed by atoms with Crippen LogP contribution in [0.4, 0.5) is 11.4 Å². The molecule has 2 aliphatic rings. The molecule has 8 heteroatoms. The van der Waals surface area contributed by atoms with Gasteiger partial charge in [-0.25, -0.2) is 0 Å². The van der Waals surface area contributed by atoms with E-state index in [-0.39, 0.29) is 34.3 Å². The van der Waals surface area contributed by atoms with Crippen molar-refractivity contribution in [3.8, 4) is 0 Å². The predicted molar refractivity (Wildman–Crippen MR) is 124 cm³/mol. The molecule has 166 valence electrons. The summed E-state index contributed by atoms with van der Waals surface area (Å²) in [7, 11) is 0. The molecule has 32 heavy (non-hydrogen) atoms. The highest BCUT2D eigenvalue weighted by atomic mass is 16.6. The van der Waals surface area contributed by atoms with E-state index in [2.05, 4.69) is 20.8 Å². The summed E-state index contributed by atoms with van der Waals surface area (Å²) in [5.74, 6) is 0.390. The third-order valence-electron chi connectivity index (χ3n) is 7.75. The van der Waals surface area contributed by atoms with Crippen LogP contribution in [0.1, 0.15) is 44.7 Å². The molecule has 2 aromatic carbocycles. The highest BCUT2D eigenvalue weighted by Gasteiger charge is 2.66. The van der Waals surface area contributed by atoms with E-state index in [4.69, 9.17) is 9.98 Å². The quantitative estimate of drug-likeness (QED) is 0.352. The highest BCUT2D eigenvalue weighted by Crippen LogP contribution is 2.67. The number of hydrogen-bond acceptors (Lipinski definition) is 6. The number of aliphatic imine (C=N–C) groups is 2. The molecule has 0 radical (unpaired) electrons. The van der Waals surface area contributed by atoms with E-state index >= 15 is 0 Å². The van der Waals surface area contributed by atoms with Crippen LogP contribution in [0.2, 0.25) is 0 Å². The van der Waals surface area contributed by atoms with E-state index in [0.29, 0.717) is 5.92 Å². The zero-order chi connectivity index (χ0) is 23.1. The predicted octanol–water partition coefficient (Wildman–Crippen LogP) is 5.23. The van der Waals surface area contributed by atoms with Gasteiger partial charge in [-0.3, -0.25) is 30.2 Å². The fraction of sp³-hybridized carbons (Fsp3) is 0.417. The number of benzene rings is 2. The van der Waals surface area contributed by atoms with Gasteiger partial charge in [0.25, 0.3) is 11.4 Å². The van der Waals surface area contributed by atoms with Crippen LogP contribution in [0.15, 0.2) is 58.5 Å². The molecular weight excluding hydrogens is 408 g/mol. The third-order valence-corrected chi connectivity index (χ3v) is 7.75. The molecular formula is C24H26N4O4. The largest absolute Gasteiger partial charge is 0.287 e. The maximum absolute atomic E-state index is 10.9. The first-order valence-corrected chi connectivity index (χ1v) is 10.7. The van der Waals surface area contributed by atoms with Gasteiger partial charge >= 0.3 is 0 Å². The fourth-order valence-corrected chi connectivity index (χ4v) is 5.43. The number of fused-ring (bicyclic) bond motifs is 2. The Bertz CT molecular complexity index is 1090. The molecule has 0 amide bonds. The molecule has 2 fully saturated rings. The Morgan fingerprint density at radius 2 is 1.31 bits per heavy atom. The van der Waals surface area contributed by atoms with Crippen LogP contribution in [-0.2, 0) is 0 Å². The van der Waals surface area contributed by atoms with Gasteiger partial charge in [0.15, 0.2) is 0 Å². The Morgan fingerprint density at radius 1 is 0.844 bits per heavy atom. The minimum atomic E-state index is -0.414. The zero-order valence-corrected chi connectivity index (χ0v) is 18.3. The van der Waals surface area contributed by atoms with Crippen LogP contribution >= 0.6 is 0 Å². The van der Waals surface area contributed by atoms with E-state index in [1.54, 1.807) is 36.7 Å². The van der Waals surface area contributed by atoms with Crippen LogP contribution < -0.4 is 0 Å². The summed E-state index contributed by atoms with van der Waals surface area (Å²) in [6.07, 6.45) is 5.76. The Balaban J connectivity index is 1.61. The third kappa shape index (κ3) is 3.59. The smallest absolute Gasteiger partial charge is 0.269 e. The summed E-state index contributed by atoms with van der Waals surface area (Å²) in [6.45, 7) is 6.87. The van der Waals surface area contributed by atoms with Crippen molar-refractivity contribution in [2.45, 2.75) is 45.7 Å². The molecule has 2 aromatic rings. The summed E-state index contributed by atoms with van der Waals surface area (Å²) in [5.41, 5.74) is 1.81. The summed E-state index contributed by atoms with van der Waals surface area (Å²) >= 11 is 0. The Morgan fingerprint density at radius 3 is 1.78 bits per heavy atom. The molecule has 0 N–H and O–H groups in total. The number of nitro benzene ring substituents is 2. The van der Waals surface area contributed by atoms with Gasteiger partial charge in [-0.1, -0.05) is 20.8 Å². The van der Waals surface area contributed by atoms with E-state index in [1.807, 2.05) is 0 Å². The van der Waals surface area contributed by atoms with Gasteiger partial charge in [0.05, 0.1) is 21.9 Å². The van der Waals surface area contributed by atoms with Gasteiger partial charge in [0.1, 0.15) is 0 Å². The summed E-state index contributed by atoms with van der Waals surface area (Å²) in [4.78, 5) is 30.8. The van der Waals surface area contributed by atoms with E-state index in [1.165, 1.54) is 24.3 Å². The normalized spacial score (nSPS) is 28.5. The van der Waals surface area contributed by atoms with E-state index in [9.17, 15) is 20.2 Å². The van der Waals surface area contributed by atoms with Crippen molar-refractivity contribution < 1.29 is 9.85 Å². The van der Waals surface area contributed by atoms with Crippen molar-refractivity contribution in [2.75, 3.05) is 0 Å². The van der Waals surface area contributed by atoms with E-state index in [0.717, 1.165) is 24.0 Å². The Hall–Kier alpha value is -3.42. The number of nitro groups is 2. The van der Waals surface area contributed by atoms with Crippen molar-refractivity contribution in [1.82, 2.24) is 0 Å². The topological polar surface area (TPSA) is 111 Å². The first kappa shape index (κ1) is 21.8. The minimum Gasteiger partial charge on any atom is -0.287 e. The molecule has 0 spiro atoms. The van der Waals surface area contributed by atoms with Crippen LogP contribution in [-0.4, -0.2) is 34.4 Å². The first-order chi connectivity index (χ1) is 15.1. The summed E-state index contributed by atoms with van der Waals surface area (Å²) < 4.78 is 0. The lowest BCUT2D eigenvalue weighted by Crippen LogP contribution is -2.38. The average Bonchev–Trinajstić information content (AvgIpc) is 3.09. The Kier molecular flexibility index (Phi) is 5.40. The van der Waals surface area contributed by atoms with Crippen LogP contribution in [0.25, 0.3) is 0 Å². The number of hydrogen-bond donors (Lipinski definition) is 0. The molecule has 2 bridgehead atoms. The molecule has 2 aliphatic carbocycles. The SMILES string of the molecule is CC1(C)[C@@H]2CC[C@]1(C)[C@H](N=Cc1ccc([N+](=O)[O-])cc1)[C@@H]2N=Cc1ccc([N+](=O)[O-])cc1. The van der Waals surface area contributed by atoms with Crippen molar-refractivity contribution >= 4 is 23.8 Å². The molecule has 4 atom stereocenters. The second-order valence-corrected chi connectivity index (χ2v) is 9.47. The van der Waals surface area contributed by atoms with Gasteiger partial charge in [0, 0.05) is 36.7 Å². The standard InChI is InChI=1S/C24H26N4O4/c1-23(2)20-12-13-24(23,3)22(26-15-17-6-10-19(11-7-17)28(31)32)21(20)25-14-16-4-8-18(9-5-16)27(29)30/h4-11,14-15,20-22H,12-13H2,1-3H3/t20-,21-,22-,24-/m1/s1. The number of non-ortho nitro benzene ring substituents is 2. The second-order valence-electron chi connectivity index (χ2n) is 9.47. The van der Waals surface area contributed by atoms with Crippen molar-refractivity contribution in [2.24, 2.45) is 26.7 Å². The summed E-state index contributed by atoms with van der Waals surface area (Å²) in [5, 5.41) is 21.8. The molecule has 0 aromatic heterocycles. The van der Waals surface area contributed by atoms with Gasteiger partial charge in [0.2, 0.25) is 0 Å². The van der Waals surface area contributed by atoms with Gasteiger partial charge in [-0.05, 0) is 65.0 Å². The van der Waals surface area contributed by atoms with Crippen LogP contribution in [0.5, 0.6) is 0 Å². The highest BCUT2D eigenvalue weighted by molar-refractivity contribution is 5.81. The van der Waals surface area contributed by atoms with Gasteiger partial charge in [-0.2, -0.15) is 0 Å². The van der Waals surface area contributed by atoms with Crippen LogP contribution in [0.3, 0.4) is 0 Å². The van der Waals surface area contributed by atoms with Gasteiger partial charge < -0.3 is 0 Å². The van der Waals surface area contributed by atoms with Gasteiger partial charge in [-0.15, -0.1) is 0 Å². The molecule has 0 unspecified atom stereocenters. The van der Waals surface area contributed by atoms with Crippen molar-refractivity contribution in [3.05, 3.63) is 79.9 Å². The molecule has 0 saturated heterocycles. The summed E-state index contributed by atoms with van der Waals surface area (Å²) in [6, 6.07) is 12.8. The fourth-order valence-electron chi connectivity index (χ4n) is 5.43. The van der Waals surface area contributed by atoms with Crippen LogP contribution in [0, 0.1) is 37.0 Å². The molecule has 8 nitrogen and oxygen atoms in total. The van der Waals surface area contributed by atoms with Crippen molar-refractivity contribution in [3.63, 3.8) is 0 Å². The van der Waals surface area contributed by atoms with Crippen molar-refractivity contribution in [1.29, 1.82) is 0 Å². The monoisotopic (exact) mass is 434 g/mol. The maximum atomic E-state index is 10.9. The lowest BCUT2D eigenvalue weighted by atomic mass is 9.69. The minimum absolute atomic E-state index is 0.00752. The second kappa shape index (κ2) is 7.93. The lowest BCUT2D eigenvalue weighted by Gasteiger charge is -2.37. The maximum Gasteiger partial charge on any atom is 0.269 e. The number of rotatable bonds is 6. The number of nitrogens with zero attached hydrogens (tertiary/aromatic N) is 4. The molecule has 0 heterocycles. The molecule has 2 saturated carbocycles. The Labute approximate surface area is 186 Å².